The number of hydrogen-bond acceptors (Lipinski definition) is 3. The summed E-state index contributed by atoms with van der Waals surface area (Å²) in [6.07, 6.45) is -3.92. The fourth-order valence-corrected chi connectivity index (χ4v) is 2.49. The number of carbonyl (C=O) groups is 1. The van der Waals surface area contributed by atoms with Crippen LogP contribution < -0.4 is 11.1 Å². The molecule has 0 saturated heterocycles. The molecule has 1 aromatic carbocycles. The van der Waals surface area contributed by atoms with Gasteiger partial charge in [-0.15, -0.1) is 0 Å². The summed E-state index contributed by atoms with van der Waals surface area (Å²) in [6.45, 7) is 1.82. The molecule has 1 amide bonds. The Hall–Kier alpha value is -1.57. The molecule has 1 unspecified atom stereocenters. The number of carbonyl (C=O) groups excluding carboxylic acids is 1. The topological polar surface area (TPSA) is 72.2 Å². The average molecular weight is 308 g/mol. The van der Waals surface area contributed by atoms with Crippen LogP contribution in [-0.4, -0.2) is 21.6 Å². The lowest BCUT2D eigenvalue weighted by Gasteiger charge is -2.12. The summed E-state index contributed by atoms with van der Waals surface area (Å²) in [7, 11) is -1.31. The van der Waals surface area contributed by atoms with Crippen LogP contribution in [0.25, 0.3) is 0 Å². The van der Waals surface area contributed by atoms with Crippen LogP contribution in [0.1, 0.15) is 18.9 Å². The van der Waals surface area contributed by atoms with Crippen LogP contribution in [-0.2, 0) is 21.8 Å². The molecule has 3 N–H and O–H groups in total. The Bertz CT molecular complexity index is 518. The molecule has 1 aromatic rings. The third-order valence-electron chi connectivity index (χ3n) is 2.37. The highest BCUT2D eigenvalue weighted by molar-refractivity contribution is 7.85. The Morgan fingerprint density at radius 3 is 2.60 bits per heavy atom. The van der Waals surface area contributed by atoms with Crippen molar-refractivity contribution in [3.8, 4) is 0 Å². The first-order chi connectivity index (χ1) is 9.24. The van der Waals surface area contributed by atoms with Gasteiger partial charge in [0.25, 0.3) is 0 Å². The predicted octanol–water partition coefficient (Wildman–Crippen LogP) is 2.38. The second-order valence-electron chi connectivity index (χ2n) is 4.14. The molecule has 0 saturated carbocycles. The maximum Gasteiger partial charge on any atom is 0.418 e. The number of rotatable bonds is 5. The lowest BCUT2D eigenvalue weighted by Crippen LogP contribution is -2.21. The largest absolute Gasteiger partial charge is 0.418 e. The van der Waals surface area contributed by atoms with Gasteiger partial charge in [-0.25, -0.2) is 0 Å². The van der Waals surface area contributed by atoms with Crippen molar-refractivity contribution in [1.82, 2.24) is 0 Å². The molecule has 1 atom stereocenters. The SMILES string of the molecule is CCCS(=O)CC(=O)Nc1ccc(N)c(C(F)(F)F)c1. The van der Waals surface area contributed by atoms with E-state index in [1.165, 1.54) is 6.07 Å². The number of benzene rings is 1. The van der Waals surface area contributed by atoms with E-state index in [1.807, 2.05) is 6.92 Å². The summed E-state index contributed by atoms with van der Waals surface area (Å²) >= 11 is 0. The molecule has 0 aliphatic heterocycles. The van der Waals surface area contributed by atoms with Gasteiger partial charge in [-0.2, -0.15) is 13.2 Å². The van der Waals surface area contributed by atoms with E-state index in [4.69, 9.17) is 5.73 Å². The molecule has 0 bridgehead atoms. The van der Waals surface area contributed by atoms with Crippen molar-refractivity contribution >= 4 is 28.1 Å². The Labute approximate surface area is 117 Å². The number of anilines is 2. The zero-order valence-electron chi connectivity index (χ0n) is 10.8. The second kappa shape index (κ2) is 6.74. The zero-order valence-corrected chi connectivity index (χ0v) is 11.6. The van der Waals surface area contributed by atoms with E-state index in [2.05, 4.69) is 5.32 Å². The van der Waals surface area contributed by atoms with E-state index in [9.17, 15) is 22.2 Å². The minimum atomic E-state index is -4.59. The van der Waals surface area contributed by atoms with E-state index in [1.54, 1.807) is 0 Å². The normalized spacial score (nSPS) is 13.0. The summed E-state index contributed by atoms with van der Waals surface area (Å²) in [5, 5.41) is 2.28. The zero-order chi connectivity index (χ0) is 15.3. The van der Waals surface area contributed by atoms with Crippen molar-refractivity contribution in [3.05, 3.63) is 23.8 Å². The van der Waals surface area contributed by atoms with Crippen LogP contribution in [0, 0.1) is 0 Å². The molecule has 0 aliphatic rings. The fourth-order valence-electron chi connectivity index (χ4n) is 1.52. The summed E-state index contributed by atoms with van der Waals surface area (Å²) < 4.78 is 49.3. The smallest absolute Gasteiger partial charge is 0.398 e. The molecule has 0 fully saturated rings. The summed E-state index contributed by atoms with van der Waals surface area (Å²) in [4.78, 5) is 11.5. The molecular weight excluding hydrogens is 293 g/mol. The molecular formula is C12H15F3N2O2S. The molecule has 112 valence electrons. The maximum atomic E-state index is 12.6. The van der Waals surface area contributed by atoms with Crippen LogP contribution in [0.4, 0.5) is 24.5 Å². The van der Waals surface area contributed by atoms with Gasteiger partial charge in [0.05, 0.1) is 5.56 Å². The first kappa shape index (κ1) is 16.5. The maximum absolute atomic E-state index is 12.6. The Kier molecular flexibility index (Phi) is 5.55. The molecule has 0 aliphatic carbocycles. The predicted molar refractivity (Wildman–Crippen MR) is 72.7 cm³/mol. The standard InChI is InChI=1S/C12H15F3N2O2S/c1-2-5-20(19)7-11(18)17-8-3-4-10(16)9(6-8)12(13,14)15/h3-4,6H,2,5,7,16H2,1H3,(H,17,18). The molecule has 20 heavy (non-hydrogen) atoms. The van der Waals surface area contributed by atoms with Crippen LogP contribution in [0.3, 0.4) is 0 Å². The highest BCUT2D eigenvalue weighted by Crippen LogP contribution is 2.35. The Morgan fingerprint density at radius 1 is 1.40 bits per heavy atom. The Morgan fingerprint density at radius 2 is 2.05 bits per heavy atom. The van der Waals surface area contributed by atoms with Gasteiger partial charge in [-0.3, -0.25) is 9.00 Å². The van der Waals surface area contributed by atoms with Crippen molar-refractivity contribution in [2.24, 2.45) is 0 Å². The molecule has 1 rings (SSSR count). The monoisotopic (exact) mass is 308 g/mol. The van der Waals surface area contributed by atoms with E-state index < -0.39 is 34.1 Å². The third-order valence-corrected chi connectivity index (χ3v) is 3.81. The highest BCUT2D eigenvalue weighted by atomic mass is 32.2. The van der Waals surface area contributed by atoms with E-state index >= 15 is 0 Å². The van der Waals surface area contributed by atoms with Gasteiger partial charge in [-0.05, 0) is 24.6 Å². The number of amides is 1. The minimum absolute atomic E-state index is 0.0231. The number of nitrogens with two attached hydrogens (primary N) is 1. The highest BCUT2D eigenvalue weighted by Gasteiger charge is 2.33. The number of alkyl halides is 3. The van der Waals surface area contributed by atoms with Gasteiger partial charge in [-0.1, -0.05) is 6.92 Å². The third kappa shape index (κ3) is 4.84. The van der Waals surface area contributed by atoms with Crippen molar-refractivity contribution in [2.45, 2.75) is 19.5 Å². The fraction of sp³-hybridized carbons (Fsp3) is 0.417. The molecule has 0 radical (unpaired) electrons. The van der Waals surface area contributed by atoms with Crippen molar-refractivity contribution in [2.75, 3.05) is 22.6 Å². The van der Waals surface area contributed by atoms with E-state index in [0.29, 0.717) is 12.2 Å². The molecule has 4 nitrogen and oxygen atoms in total. The first-order valence-electron chi connectivity index (χ1n) is 5.85. The lowest BCUT2D eigenvalue weighted by molar-refractivity contribution is -0.136. The van der Waals surface area contributed by atoms with Crippen LogP contribution in [0.5, 0.6) is 0 Å². The molecule has 0 aromatic heterocycles. The quantitative estimate of drug-likeness (QED) is 0.820. The van der Waals surface area contributed by atoms with Crippen LogP contribution >= 0.6 is 0 Å². The van der Waals surface area contributed by atoms with Gasteiger partial charge in [0.15, 0.2) is 0 Å². The molecule has 0 heterocycles. The number of nitrogen functional groups attached to an aromatic ring is 1. The number of halogens is 3. The van der Waals surface area contributed by atoms with Gasteiger partial charge >= 0.3 is 6.18 Å². The number of hydrogen-bond donors (Lipinski definition) is 2. The van der Waals surface area contributed by atoms with Crippen LogP contribution in [0.2, 0.25) is 0 Å². The van der Waals surface area contributed by atoms with Crippen molar-refractivity contribution < 1.29 is 22.2 Å². The Balaban J connectivity index is 2.79. The van der Waals surface area contributed by atoms with Crippen molar-refractivity contribution in [3.63, 3.8) is 0 Å². The van der Waals surface area contributed by atoms with Gasteiger partial charge in [0.2, 0.25) is 5.91 Å². The second-order valence-corrected chi connectivity index (χ2v) is 5.71. The van der Waals surface area contributed by atoms with Crippen molar-refractivity contribution in [1.29, 1.82) is 0 Å². The lowest BCUT2D eigenvalue weighted by atomic mass is 10.1. The minimum Gasteiger partial charge on any atom is -0.398 e. The summed E-state index contributed by atoms with van der Waals surface area (Å²) in [5.74, 6) is -0.447. The van der Waals surface area contributed by atoms with Gasteiger partial charge < -0.3 is 11.1 Å². The average Bonchev–Trinajstić information content (AvgIpc) is 2.30. The molecule has 0 spiro atoms. The molecule has 8 heteroatoms. The van der Waals surface area contributed by atoms with E-state index in [0.717, 1.165) is 12.1 Å². The van der Waals surface area contributed by atoms with Gasteiger partial charge in [0.1, 0.15) is 5.75 Å². The summed E-state index contributed by atoms with van der Waals surface area (Å²) in [5.41, 5.74) is 3.80. The number of nitrogens with one attached hydrogen (secondary N) is 1. The van der Waals surface area contributed by atoms with Crippen LogP contribution in [0.15, 0.2) is 18.2 Å². The summed E-state index contributed by atoms with van der Waals surface area (Å²) in [6, 6.07) is 3.10. The first-order valence-corrected chi connectivity index (χ1v) is 7.34. The van der Waals surface area contributed by atoms with Gasteiger partial charge in [0, 0.05) is 27.9 Å². The van der Waals surface area contributed by atoms with E-state index in [-0.39, 0.29) is 11.4 Å².